The Morgan fingerprint density at radius 2 is 2.12 bits per heavy atom. The van der Waals surface area contributed by atoms with Gasteiger partial charge in [0.25, 0.3) is 5.91 Å². The van der Waals surface area contributed by atoms with E-state index in [9.17, 15) is 4.79 Å². The second kappa shape index (κ2) is 6.79. The number of rotatable bonds is 4. The molecule has 0 aliphatic heterocycles. The quantitative estimate of drug-likeness (QED) is 0.688. The second-order valence-electron chi connectivity index (χ2n) is 4.82. The Hall–Kier alpha value is -2.74. The van der Waals surface area contributed by atoms with Crippen LogP contribution in [0.4, 0.5) is 5.69 Å². The van der Waals surface area contributed by atoms with Gasteiger partial charge in [-0.15, -0.1) is 0 Å². The van der Waals surface area contributed by atoms with Gasteiger partial charge in [0.1, 0.15) is 27.3 Å². The van der Waals surface area contributed by atoms with Gasteiger partial charge in [0, 0.05) is 6.20 Å². The van der Waals surface area contributed by atoms with Crippen LogP contribution in [0.3, 0.4) is 0 Å². The Kier molecular flexibility index (Phi) is 4.57. The summed E-state index contributed by atoms with van der Waals surface area (Å²) in [7, 11) is 1.48. The van der Waals surface area contributed by atoms with Crippen LogP contribution in [-0.4, -0.2) is 28.1 Å². The van der Waals surface area contributed by atoms with E-state index in [4.69, 9.17) is 9.26 Å². The summed E-state index contributed by atoms with van der Waals surface area (Å²) >= 11 is 3.26. The molecular formula is C16H13BrN4O3. The number of anilines is 1. The van der Waals surface area contributed by atoms with Gasteiger partial charge in [-0.1, -0.05) is 11.2 Å². The third-order valence-corrected chi connectivity index (χ3v) is 3.71. The lowest BCUT2D eigenvalue weighted by atomic mass is 10.1. The van der Waals surface area contributed by atoms with E-state index in [2.05, 4.69) is 36.4 Å². The van der Waals surface area contributed by atoms with Gasteiger partial charge >= 0.3 is 0 Å². The van der Waals surface area contributed by atoms with Gasteiger partial charge in [0.15, 0.2) is 0 Å². The molecule has 8 heteroatoms. The molecule has 3 aromatic heterocycles. The molecule has 3 rings (SSSR count). The molecule has 0 spiro atoms. The van der Waals surface area contributed by atoms with E-state index in [0.29, 0.717) is 38.9 Å². The van der Waals surface area contributed by atoms with Crippen LogP contribution < -0.4 is 10.1 Å². The zero-order valence-electron chi connectivity index (χ0n) is 12.9. The Morgan fingerprint density at radius 3 is 2.83 bits per heavy atom. The largest absolute Gasteiger partial charge is 0.479 e. The molecule has 3 heterocycles. The fourth-order valence-corrected chi connectivity index (χ4v) is 2.46. The third kappa shape index (κ3) is 3.13. The number of nitrogens with zero attached hydrogens (tertiary/aromatic N) is 3. The first-order valence-electron chi connectivity index (χ1n) is 6.99. The lowest BCUT2D eigenvalue weighted by Gasteiger charge is -2.09. The number of aryl methyl sites for hydroxylation is 1. The number of nitrogens with one attached hydrogen (secondary N) is 1. The predicted octanol–water partition coefficient (Wildman–Crippen LogP) is 3.46. The number of aromatic nitrogens is 3. The monoisotopic (exact) mass is 388 g/mol. The maximum Gasteiger partial charge on any atom is 0.261 e. The number of amides is 1. The molecule has 3 aromatic rings. The molecular weight excluding hydrogens is 376 g/mol. The number of carbonyl (C=O) groups is 1. The molecule has 122 valence electrons. The average Bonchev–Trinajstić information content (AvgIpc) is 2.99. The molecule has 0 saturated carbocycles. The maximum absolute atomic E-state index is 12.7. The summed E-state index contributed by atoms with van der Waals surface area (Å²) in [5.41, 5.74) is 1.70. The highest BCUT2D eigenvalue weighted by Gasteiger charge is 2.23. The fraction of sp³-hybridized carbons (Fsp3) is 0.125. The van der Waals surface area contributed by atoms with Crippen LogP contribution in [-0.2, 0) is 0 Å². The standard InChI is InChI=1S/C16H13BrN4O3/c1-9-13(14(21-24-9)10-5-3-4-8-18-10)15(22)19-11-6-7-12(17)20-16(11)23-2/h3-8H,1-2H3,(H,19,22). The van der Waals surface area contributed by atoms with Gasteiger partial charge in [0.2, 0.25) is 5.88 Å². The maximum atomic E-state index is 12.7. The van der Waals surface area contributed by atoms with Crippen molar-refractivity contribution in [1.29, 1.82) is 0 Å². The molecule has 1 amide bonds. The molecule has 0 aliphatic rings. The second-order valence-corrected chi connectivity index (χ2v) is 5.63. The summed E-state index contributed by atoms with van der Waals surface area (Å²) in [6, 6.07) is 8.76. The molecule has 0 radical (unpaired) electrons. The fourth-order valence-electron chi connectivity index (χ4n) is 2.17. The van der Waals surface area contributed by atoms with Crippen molar-refractivity contribution in [3.8, 4) is 17.3 Å². The lowest BCUT2D eigenvalue weighted by Crippen LogP contribution is -2.14. The lowest BCUT2D eigenvalue weighted by molar-refractivity contribution is 0.102. The molecule has 0 aliphatic carbocycles. The highest BCUT2D eigenvalue weighted by Crippen LogP contribution is 2.28. The number of carbonyl (C=O) groups excluding carboxylic acids is 1. The first-order valence-corrected chi connectivity index (χ1v) is 7.79. The normalized spacial score (nSPS) is 10.5. The van der Waals surface area contributed by atoms with Gasteiger partial charge in [-0.3, -0.25) is 9.78 Å². The van der Waals surface area contributed by atoms with Crippen LogP contribution in [0.1, 0.15) is 16.1 Å². The van der Waals surface area contributed by atoms with Gasteiger partial charge in [-0.25, -0.2) is 4.98 Å². The van der Waals surface area contributed by atoms with Crippen LogP contribution in [0, 0.1) is 6.92 Å². The SMILES string of the molecule is COc1nc(Br)ccc1NC(=O)c1c(-c2ccccn2)noc1C. The molecule has 0 saturated heterocycles. The topological polar surface area (TPSA) is 90.1 Å². The summed E-state index contributed by atoms with van der Waals surface area (Å²) in [5, 5.41) is 6.72. The van der Waals surface area contributed by atoms with Crippen LogP contribution >= 0.6 is 15.9 Å². The number of ether oxygens (including phenoxy) is 1. The van der Waals surface area contributed by atoms with Crippen LogP contribution in [0.5, 0.6) is 5.88 Å². The molecule has 24 heavy (non-hydrogen) atoms. The molecule has 0 aromatic carbocycles. The van der Waals surface area contributed by atoms with Crippen molar-refractivity contribution in [3.63, 3.8) is 0 Å². The Balaban J connectivity index is 1.96. The van der Waals surface area contributed by atoms with Crippen molar-refractivity contribution in [2.45, 2.75) is 6.92 Å². The molecule has 0 fully saturated rings. The number of hydrogen-bond donors (Lipinski definition) is 1. The number of pyridine rings is 2. The predicted molar refractivity (Wildman–Crippen MR) is 90.9 cm³/mol. The Bertz CT molecular complexity index is 880. The van der Waals surface area contributed by atoms with Gasteiger partial charge < -0.3 is 14.6 Å². The zero-order chi connectivity index (χ0) is 17.1. The van der Waals surface area contributed by atoms with Crippen molar-refractivity contribution in [2.24, 2.45) is 0 Å². The third-order valence-electron chi connectivity index (χ3n) is 3.27. The minimum atomic E-state index is -0.378. The van der Waals surface area contributed by atoms with Crippen molar-refractivity contribution in [2.75, 3.05) is 12.4 Å². The van der Waals surface area contributed by atoms with Crippen LogP contribution in [0.25, 0.3) is 11.4 Å². The van der Waals surface area contributed by atoms with Crippen molar-refractivity contribution in [3.05, 3.63) is 52.5 Å². The average molecular weight is 389 g/mol. The Labute approximate surface area is 146 Å². The van der Waals surface area contributed by atoms with Crippen molar-refractivity contribution >= 4 is 27.5 Å². The van der Waals surface area contributed by atoms with E-state index < -0.39 is 0 Å². The van der Waals surface area contributed by atoms with E-state index in [-0.39, 0.29) is 5.91 Å². The van der Waals surface area contributed by atoms with E-state index in [0.717, 1.165) is 0 Å². The number of methoxy groups -OCH3 is 1. The summed E-state index contributed by atoms with van der Waals surface area (Å²) in [4.78, 5) is 21.1. The first-order chi connectivity index (χ1) is 11.6. The molecule has 0 atom stereocenters. The van der Waals surface area contributed by atoms with Crippen LogP contribution in [0.15, 0.2) is 45.7 Å². The van der Waals surface area contributed by atoms with Crippen molar-refractivity contribution < 1.29 is 14.1 Å². The molecule has 7 nitrogen and oxygen atoms in total. The number of hydrogen-bond acceptors (Lipinski definition) is 6. The van der Waals surface area contributed by atoms with Gasteiger partial charge in [0.05, 0.1) is 12.8 Å². The summed E-state index contributed by atoms with van der Waals surface area (Å²) in [6.45, 7) is 1.67. The molecule has 0 unspecified atom stereocenters. The van der Waals surface area contributed by atoms with E-state index in [1.165, 1.54) is 7.11 Å². The van der Waals surface area contributed by atoms with Crippen molar-refractivity contribution in [1.82, 2.24) is 15.1 Å². The Morgan fingerprint density at radius 1 is 1.29 bits per heavy atom. The van der Waals surface area contributed by atoms with E-state index >= 15 is 0 Å². The van der Waals surface area contributed by atoms with Gasteiger partial charge in [-0.2, -0.15) is 0 Å². The zero-order valence-corrected chi connectivity index (χ0v) is 14.5. The minimum absolute atomic E-state index is 0.297. The van der Waals surface area contributed by atoms with Gasteiger partial charge in [-0.05, 0) is 47.1 Å². The van der Waals surface area contributed by atoms with E-state index in [1.807, 2.05) is 6.07 Å². The number of halogens is 1. The molecule has 0 bridgehead atoms. The summed E-state index contributed by atoms with van der Waals surface area (Å²) in [5.74, 6) is 0.320. The highest BCUT2D eigenvalue weighted by atomic mass is 79.9. The van der Waals surface area contributed by atoms with Crippen LogP contribution in [0.2, 0.25) is 0 Å². The highest BCUT2D eigenvalue weighted by molar-refractivity contribution is 9.10. The molecule has 1 N–H and O–H groups in total. The first kappa shape index (κ1) is 16.1. The van der Waals surface area contributed by atoms with E-state index in [1.54, 1.807) is 37.4 Å². The summed E-state index contributed by atoms with van der Waals surface area (Å²) < 4.78 is 11.0. The smallest absolute Gasteiger partial charge is 0.261 e. The minimum Gasteiger partial charge on any atom is -0.479 e. The summed E-state index contributed by atoms with van der Waals surface area (Å²) in [6.07, 6.45) is 1.63.